The van der Waals surface area contributed by atoms with E-state index in [0.717, 1.165) is 22.4 Å². The van der Waals surface area contributed by atoms with Crippen LogP contribution >= 0.6 is 0 Å². The molecule has 0 spiro atoms. The van der Waals surface area contributed by atoms with Crippen LogP contribution in [0.15, 0.2) is 96.0 Å². The molecule has 0 unspecified atom stereocenters. The van der Waals surface area contributed by atoms with Crippen molar-refractivity contribution >= 4 is 10.0 Å². The van der Waals surface area contributed by atoms with Gasteiger partial charge in [-0.15, -0.1) is 0 Å². The van der Waals surface area contributed by atoms with Gasteiger partial charge in [0.25, 0.3) is 0 Å². The molecule has 0 amide bonds. The topological polar surface area (TPSA) is 73.2 Å². The number of ether oxygens (including phenoxy) is 1. The van der Waals surface area contributed by atoms with Crippen LogP contribution in [0.5, 0.6) is 5.75 Å². The fourth-order valence-corrected chi connectivity index (χ4v) is 4.75. The Bertz CT molecular complexity index is 1270. The molecule has 6 nitrogen and oxygen atoms in total. The number of rotatable bonds is 9. The standard InChI is InChI=1S/C25H25N3O3S/c1-31-23-15-9-8-12-21(23)16-17-26-32(29,30)24-19-28(18-20-10-4-2-5-11-20)27-25(24)22-13-6-3-7-14-22/h2-15,19,26H,16-18H2,1H3. The molecule has 0 aliphatic heterocycles. The zero-order chi connectivity index (χ0) is 22.4. The summed E-state index contributed by atoms with van der Waals surface area (Å²) in [6.07, 6.45) is 2.11. The summed E-state index contributed by atoms with van der Waals surface area (Å²) in [6, 6.07) is 26.8. The Morgan fingerprint density at radius 2 is 1.56 bits per heavy atom. The van der Waals surface area contributed by atoms with E-state index in [1.165, 1.54) is 0 Å². The zero-order valence-electron chi connectivity index (χ0n) is 17.8. The number of hydrogen-bond acceptors (Lipinski definition) is 4. The molecule has 1 N–H and O–H groups in total. The van der Waals surface area contributed by atoms with Crippen molar-refractivity contribution in [3.63, 3.8) is 0 Å². The second-order valence-electron chi connectivity index (χ2n) is 7.35. The van der Waals surface area contributed by atoms with Crippen LogP contribution in [-0.4, -0.2) is 31.9 Å². The molecule has 3 aromatic carbocycles. The molecule has 0 bridgehead atoms. The van der Waals surface area contributed by atoms with Crippen LogP contribution in [0, 0.1) is 0 Å². The maximum absolute atomic E-state index is 13.2. The predicted octanol–water partition coefficient (Wildman–Crippen LogP) is 4.13. The summed E-state index contributed by atoms with van der Waals surface area (Å²) in [4.78, 5) is 0.166. The summed E-state index contributed by atoms with van der Waals surface area (Å²) in [7, 11) is -2.17. The lowest BCUT2D eigenvalue weighted by molar-refractivity contribution is 0.409. The lowest BCUT2D eigenvalue weighted by Crippen LogP contribution is -2.26. The fourth-order valence-electron chi connectivity index (χ4n) is 3.55. The van der Waals surface area contributed by atoms with Crippen LogP contribution < -0.4 is 9.46 Å². The van der Waals surface area contributed by atoms with Gasteiger partial charge in [-0.3, -0.25) is 4.68 Å². The summed E-state index contributed by atoms with van der Waals surface area (Å²) < 4.78 is 36.2. The number of hydrogen-bond donors (Lipinski definition) is 1. The lowest BCUT2D eigenvalue weighted by atomic mass is 10.1. The number of para-hydroxylation sites is 1. The molecule has 0 radical (unpaired) electrons. The first-order valence-electron chi connectivity index (χ1n) is 10.4. The van der Waals surface area contributed by atoms with E-state index in [0.29, 0.717) is 18.7 Å². The third-order valence-electron chi connectivity index (χ3n) is 5.13. The summed E-state index contributed by atoms with van der Waals surface area (Å²) in [5, 5.41) is 4.61. The van der Waals surface area contributed by atoms with Crippen molar-refractivity contribution in [3.05, 3.63) is 102 Å². The third kappa shape index (κ3) is 5.07. The Morgan fingerprint density at radius 1 is 0.906 bits per heavy atom. The van der Waals surface area contributed by atoms with Crippen LogP contribution in [0.4, 0.5) is 0 Å². The second-order valence-corrected chi connectivity index (χ2v) is 9.09. The van der Waals surface area contributed by atoms with E-state index in [1.54, 1.807) is 18.0 Å². The van der Waals surface area contributed by atoms with Crippen molar-refractivity contribution in [2.75, 3.05) is 13.7 Å². The Hall–Kier alpha value is -3.42. The van der Waals surface area contributed by atoms with Crippen molar-refractivity contribution in [1.29, 1.82) is 0 Å². The minimum atomic E-state index is -3.77. The molecule has 0 saturated heterocycles. The van der Waals surface area contributed by atoms with Crippen LogP contribution in [0.2, 0.25) is 0 Å². The number of nitrogens with zero attached hydrogens (tertiary/aromatic N) is 2. The fraction of sp³-hybridized carbons (Fsp3) is 0.160. The van der Waals surface area contributed by atoms with Gasteiger partial charge in [0, 0.05) is 18.3 Å². The highest BCUT2D eigenvalue weighted by Gasteiger charge is 2.23. The van der Waals surface area contributed by atoms with E-state index >= 15 is 0 Å². The number of methoxy groups -OCH3 is 1. The molecule has 1 heterocycles. The number of aromatic nitrogens is 2. The second kappa shape index (κ2) is 9.80. The van der Waals surface area contributed by atoms with Gasteiger partial charge in [0.1, 0.15) is 16.3 Å². The highest BCUT2D eigenvalue weighted by Crippen LogP contribution is 2.26. The number of benzene rings is 3. The first-order valence-corrected chi connectivity index (χ1v) is 11.8. The molecule has 4 aromatic rings. The van der Waals surface area contributed by atoms with E-state index in [9.17, 15) is 8.42 Å². The van der Waals surface area contributed by atoms with Crippen molar-refractivity contribution in [2.45, 2.75) is 17.9 Å². The molecule has 0 saturated carbocycles. The molecule has 0 aliphatic rings. The largest absolute Gasteiger partial charge is 0.496 e. The van der Waals surface area contributed by atoms with Gasteiger partial charge in [-0.05, 0) is 23.6 Å². The Kier molecular flexibility index (Phi) is 6.68. The average molecular weight is 448 g/mol. The van der Waals surface area contributed by atoms with E-state index in [2.05, 4.69) is 9.82 Å². The van der Waals surface area contributed by atoms with Gasteiger partial charge in [0.15, 0.2) is 0 Å². The maximum Gasteiger partial charge on any atom is 0.244 e. The molecular weight excluding hydrogens is 422 g/mol. The summed E-state index contributed by atoms with van der Waals surface area (Å²) in [5.41, 5.74) is 3.18. The smallest absolute Gasteiger partial charge is 0.244 e. The molecular formula is C25H25N3O3S. The first kappa shape index (κ1) is 21.8. The van der Waals surface area contributed by atoms with Gasteiger partial charge in [0.05, 0.1) is 13.7 Å². The molecule has 164 valence electrons. The Balaban J connectivity index is 1.60. The van der Waals surface area contributed by atoms with Gasteiger partial charge in [-0.2, -0.15) is 5.10 Å². The highest BCUT2D eigenvalue weighted by atomic mass is 32.2. The minimum Gasteiger partial charge on any atom is -0.496 e. The summed E-state index contributed by atoms with van der Waals surface area (Å²) >= 11 is 0. The normalized spacial score (nSPS) is 11.4. The SMILES string of the molecule is COc1ccccc1CCNS(=O)(=O)c1cn(Cc2ccccc2)nc1-c1ccccc1. The van der Waals surface area contributed by atoms with Crippen molar-refractivity contribution in [3.8, 4) is 17.0 Å². The summed E-state index contributed by atoms with van der Waals surface area (Å²) in [6.45, 7) is 0.734. The van der Waals surface area contributed by atoms with Crippen molar-refractivity contribution < 1.29 is 13.2 Å². The molecule has 0 fully saturated rings. The van der Waals surface area contributed by atoms with Gasteiger partial charge in [-0.25, -0.2) is 13.1 Å². The van der Waals surface area contributed by atoms with Gasteiger partial charge < -0.3 is 4.74 Å². The molecule has 0 aliphatic carbocycles. The van der Waals surface area contributed by atoms with Crippen LogP contribution in [0.1, 0.15) is 11.1 Å². The molecule has 7 heteroatoms. The zero-order valence-corrected chi connectivity index (χ0v) is 18.6. The van der Waals surface area contributed by atoms with Gasteiger partial charge in [-0.1, -0.05) is 78.9 Å². The predicted molar refractivity (Wildman–Crippen MR) is 125 cm³/mol. The van der Waals surface area contributed by atoms with Gasteiger partial charge >= 0.3 is 0 Å². The molecule has 1 aromatic heterocycles. The van der Waals surface area contributed by atoms with Crippen LogP contribution in [-0.2, 0) is 23.0 Å². The van der Waals surface area contributed by atoms with E-state index in [1.807, 2.05) is 84.9 Å². The average Bonchev–Trinajstić information content (AvgIpc) is 3.25. The Labute approximate surface area is 188 Å². The van der Waals surface area contributed by atoms with E-state index in [4.69, 9.17) is 4.74 Å². The first-order chi connectivity index (χ1) is 15.6. The highest BCUT2D eigenvalue weighted by molar-refractivity contribution is 7.89. The quantitative estimate of drug-likeness (QED) is 0.419. The summed E-state index contributed by atoms with van der Waals surface area (Å²) in [5.74, 6) is 0.743. The van der Waals surface area contributed by atoms with Crippen molar-refractivity contribution in [1.82, 2.24) is 14.5 Å². The molecule has 32 heavy (non-hydrogen) atoms. The number of sulfonamides is 1. The number of nitrogens with one attached hydrogen (secondary N) is 1. The van der Waals surface area contributed by atoms with E-state index in [-0.39, 0.29) is 11.4 Å². The Morgan fingerprint density at radius 3 is 2.28 bits per heavy atom. The minimum absolute atomic E-state index is 0.166. The van der Waals surface area contributed by atoms with Gasteiger partial charge in [0.2, 0.25) is 10.0 Å². The lowest BCUT2D eigenvalue weighted by Gasteiger charge is -2.09. The maximum atomic E-state index is 13.2. The third-order valence-corrected chi connectivity index (χ3v) is 6.59. The molecule has 4 rings (SSSR count). The van der Waals surface area contributed by atoms with Crippen molar-refractivity contribution in [2.24, 2.45) is 0 Å². The van der Waals surface area contributed by atoms with Crippen LogP contribution in [0.3, 0.4) is 0 Å². The van der Waals surface area contributed by atoms with E-state index < -0.39 is 10.0 Å². The van der Waals surface area contributed by atoms with Crippen LogP contribution in [0.25, 0.3) is 11.3 Å². The monoisotopic (exact) mass is 447 g/mol. The molecule has 0 atom stereocenters.